The van der Waals surface area contributed by atoms with Crippen LogP contribution in [0.5, 0.6) is 0 Å². The highest BCUT2D eigenvalue weighted by molar-refractivity contribution is 6.35. The molecule has 1 heterocycles. The van der Waals surface area contributed by atoms with Gasteiger partial charge in [0.2, 0.25) is 11.8 Å². The van der Waals surface area contributed by atoms with Crippen molar-refractivity contribution in [3.8, 4) is 0 Å². The van der Waals surface area contributed by atoms with Gasteiger partial charge in [0.15, 0.2) is 0 Å². The number of nitrogens with zero attached hydrogens (tertiary/aromatic N) is 3. The van der Waals surface area contributed by atoms with E-state index < -0.39 is 35.7 Å². The highest BCUT2D eigenvalue weighted by atomic mass is 16.4. The van der Waals surface area contributed by atoms with Crippen molar-refractivity contribution >= 4 is 35.2 Å². The molecule has 0 aromatic heterocycles. The highest BCUT2D eigenvalue weighted by Gasteiger charge is 2.48. The third-order valence-electron chi connectivity index (χ3n) is 7.78. The zero-order chi connectivity index (χ0) is 29.7. The van der Waals surface area contributed by atoms with Crippen molar-refractivity contribution in [3.05, 3.63) is 78.0 Å². The quantitative estimate of drug-likeness (QED) is 0.459. The van der Waals surface area contributed by atoms with Gasteiger partial charge in [0.05, 0.1) is 5.70 Å². The molecule has 0 saturated heterocycles. The summed E-state index contributed by atoms with van der Waals surface area (Å²) in [5, 5.41) is 11.8. The number of amides is 3. The number of hydrazine groups is 1. The van der Waals surface area contributed by atoms with Crippen LogP contribution in [0.1, 0.15) is 64.0 Å². The molecule has 0 bridgehead atoms. The lowest BCUT2D eigenvalue weighted by atomic mass is 9.87. The first-order valence-electron chi connectivity index (χ1n) is 14.2. The van der Waals surface area contributed by atoms with Crippen molar-refractivity contribution in [1.82, 2.24) is 14.9 Å². The van der Waals surface area contributed by atoms with Crippen LogP contribution in [0.25, 0.3) is 5.70 Å². The van der Waals surface area contributed by atoms with Crippen LogP contribution in [-0.4, -0.2) is 61.6 Å². The van der Waals surface area contributed by atoms with E-state index in [4.69, 9.17) is 0 Å². The molecule has 1 aliphatic carbocycles. The van der Waals surface area contributed by atoms with Gasteiger partial charge in [-0.05, 0) is 24.3 Å². The maximum atomic E-state index is 14.5. The van der Waals surface area contributed by atoms with E-state index in [2.05, 4.69) is 0 Å². The van der Waals surface area contributed by atoms with Crippen LogP contribution in [0.15, 0.2) is 66.9 Å². The first-order chi connectivity index (χ1) is 19.6. The number of hydrogen-bond donors (Lipinski definition) is 1. The van der Waals surface area contributed by atoms with Gasteiger partial charge in [-0.2, -0.15) is 0 Å². The Balaban J connectivity index is 1.89. The smallest absolute Gasteiger partial charge is 0.374 e. The summed E-state index contributed by atoms with van der Waals surface area (Å²) in [7, 11) is 0. The molecule has 2 atom stereocenters. The molecular weight excluding hydrogens is 522 g/mol. The number of carboxylic acid groups (broad SMARTS) is 1. The van der Waals surface area contributed by atoms with Crippen LogP contribution < -0.4 is 0 Å². The second kappa shape index (κ2) is 12.9. The third-order valence-corrected chi connectivity index (χ3v) is 7.78. The number of carbonyl (C=O) groups excluding carboxylic acids is 4. The zero-order valence-corrected chi connectivity index (χ0v) is 23.7. The van der Waals surface area contributed by atoms with Crippen molar-refractivity contribution in [2.24, 2.45) is 11.8 Å². The van der Waals surface area contributed by atoms with E-state index in [1.54, 1.807) is 66.9 Å². The molecule has 1 N–H and O–H groups in total. The van der Waals surface area contributed by atoms with Gasteiger partial charge in [0, 0.05) is 31.0 Å². The molecule has 41 heavy (non-hydrogen) atoms. The van der Waals surface area contributed by atoms with E-state index in [1.807, 2.05) is 13.8 Å². The van der Waals surface area contributed by atoms with Crippen molar-refractivity contribution < 1.29 is 29.1 Å². The first kappa shape index (κ1) is 29.7. The summed E-state index contributed by atoms with van der Waals surface area (Å²) >= 11 is 0. The van der Waals surface area contributed by atoms with Gasteiger partial charge in [-0.25, -0.2) is 14.8 Å². The van der Waals surface area contributed by atoms with E-state index in [1.165, 1.54) is 11.8 Å². The molecular formula is C32H37N3O6. The Morgan fingerprint density at radius 1 is 0.927 bits per heavy atom. The van der Waals surface area contributed by atoms with E-state index in [-0.39, 0.29) is 29.9 Å². The predicted octanol–water partition coefficient (Wildman–Crippen LogP) is 4.29. The molecule has 2 aromatic carbocycles. The monoisotopic (exact) mass is 559 g/mol. The van der Waals surface area contributed by atoms with Gasteiger partial charge >= 0.3 is 5.97 Å². The first-order valence-corrected chi connectivity index (χ1v) is 14.2. The lowest BCUT2D eigenvalue weighted by Gasteiger charge is -2.47. The Labute approximate surface area is 240 Å². The molecule has 2 aliphatic rings. The van der Waals surface area contributed by atoms with Crippen LogP contribution in [0.4, 0.5) is 0 Å². The summed E-state index contributed by atoms with van der Waals surface area (Å²) < 4.78 is 0. The molecule has 1 saturated carbocycles. The molecule has 3 amide bonds. The van der Waals surface area contributed by atoms with Gasteiger partial charge in [-0.15, -0.1) is 0 Å². The fourth-order valence-corrected chi connectivity index (χ4v) is 5.79. The van der Waals surface area contributed by atoms with Crippen molar-refractivity contribution in [3.63, 3.8) is 0 Å². The Morgan fingerprint density at radius 2 is 1.51 bits per heavy atom. The second-order valence-corrected chi connectivity index (χ2v) is 11.0. The van der Waals surface area contributed by atoms with Gasteiger partial charge in [-0.1, -0.05) is 93.8 Å². The van der Waals surface area contributed by atoms with E-state index in [0.717, 1.165) is 42.1 Å². The number of carbonyl (C=O) groups is 5. The summed E-state index contributed by atoms with van der Waals surface area (Å²) in [5.41, 5.74) is 1.39. The van der Waals surface area contributed by atoms with E-state index in [9.17, 15) is 29.1 Å². The number of rotatable bonds is 9. The topological polar surface area (TPSA) is 115 Å². The molecule has 0 spiro atoms. The number of benzene rings is 2. The maximum absolute atomic E-state index is 14.5. The fraction of sp³-hybridized carbons (Fsp3) is 0.406. The minimum Gasteiger partial charge on any atom is -0.475 e. The summed E-state index contributed by atoms with van der Waals surface area (Å²) in [4.78, 5) is 68.4. The van der Waals surface area contributed by atoms with Crippen LogP contribution in [-0.2, 0) is 30.4 Å². The predicted molar refractivity (Wildman–Crippen MR) is 152 cm³/mol. The number of Topliss-reactive ketones (excluding diaryl/α,β-unsaturated/α-hetero) is 1. The molecule has 4 rings (SSSR count). The minimum absolute atomic E-state index is 0.117. The Kier molecular flexibility index (Phi) is 9.37. The molecule has 1 fully saturated rings. The summed E-state index contributed by atoms with van der Waals surface area (Å²) in [6.45, 7) is 4.85. The summed E-state index contributed by atoms with van der Waals surface area (Å²) in [5.74, 6) is -4.85. The highest BCUT2D eigenvalue weighted by Crippen LogP contribution is 2.35. The standard InChI is InChI=1S/C32H37N3O6/c1-21(2)28-31(39)35(34(22(3)36)26(29(37)32(40)41)19-23-13-7-4-8-14-23)27(24-15-9-5-10-16-24)20-33(28)30(38)25-17-11-6-12-18-25/h4-5,7-10,13-16,20-21,25-26,28H,6,11-12,17-19H2,1-3H3,(H,40,41)/t26-,28?/m0/s1. The van der Waals surface area contributed by atoms with Crippen LogP contribution in [0.3, 0.4) is 0 Å². The van der Waals surface area contributed by atoms with Gasteiger partial charge in [0.25, 0.3) is 11.7 Å². The molecule has 1 aliphatic heterocycles. The molecule has 216 valence electrons. The van der Waals surface area contributed by atoms with Crippen LogP contribution in [0.2, 0.25) is 0 Å². The number of ketones is 1. The van der Waals surface area contributed by atoms with Crippen LogP contribution >= 0.6 is 0 Å². The number of hydrogen-bond acceptors (Lipinski definition) is 5. The Bertz CT molecular complexity index is 1320. The lowest BCUT2D eigenvalue weighted by Crippen LogP contribution is -2.64. The van der Waals surface area contributed by atoms with Gasteiger partial charge < -0.3 is 10.0 Å². The molecule has 9 heteroatoms. The van der Waals surface area contributed by atoms with Crippen molar-refractivity contribution in [2.75, 3.05) is 0 Å². The number of carboxylic acids is 1. The lowest BCUT2D eigenvalue weighted by molar-refractivity contribution is -0.171. The summed E-state index contributed by atoms with van der Waals surface area (Å²) in [6.07, 6.45) is 5.94. The van der Waals surface area contributed by atoms with E-state index in [0.29, 0.717) is 11.1 Å². The second-order valence-electron chi connectivity index (χ2n) is 11.0. The van der Waals surface area contributed by atoms with Crippen molar-refractivity contribution in [1.29, 1.82) is 0 Å². The summed E-state index contributed by atoms with van der Waals surface area (Å²) in [6, 6.07) is 15.1. The molecule has 0 radical (unpaired) electrons. The SMILES string of the molecule is CC(=O)N([C@@H](Cc1ccccc1)C(=O)C(=O)O)N1C(=O)C(C(C)C)N(C(=O)C2CCCCC2)C=C1c1ccccc1. The normalized spacial score (nSPS) is 18.6. The molecule has 1 unspecified atom stereocenters. The van der Waals surface area contributed by atoms with Crippen molar-refractivity contribution in [2.45, 2.75) is 71.4 Å². The molecule has 2 aromatic rings. The minimum atomic E-state index is -1.71. The number of aliphatic carboxylic acids is 1. The third kappa shape index (κ3) is 6.39. The van der Waals surface area contributed by atoms with Gasteiger partial charge in [-0.3, -0.25) is 19.2 Å². The average Bonchev–Trinajstić information content (AvgIpc) is 2.97. The van der Waals surface area contributed by atoms with E-state index >= 15 is 0 Å². The average molecular weight is 560 g/mol. The van der Waals surface area contributed by atoms with Gasteiger partial charge in [0.1, 0.15) is 12.1 Å². The maximum Gasteiger partial charge on any atom is 0.374 e. The zero-order valence-electron chi connectivity index (χ0n) is 23.7. The van der Waals surface area contributed by atoms with Crippen LogP contribution in [0, 0.1) is 11.8 Å². The fourth-order valence-electron chi connectivity index (χ4n) is 5.79. The Hall–Kier alpha value is -4.27. The molecule has 9 nitrogen and oxygen atoms in total. The largest absolute Gasteiger partial charge is 0.475 e. The Morgan fingerprint density at radius 3 is 2.05 bits per heavy atom.